The fourth-order valence-corrected chi connectivity index (χ4v) is 2.36. The van der Waals surface area contributed by atoms with Gasteiger partial charge in [0.25, 0.3) is 11.6 Å². The number of anilines is 1. The first-order valence-corrected chi connectivity index (χ1v) is 7.70. The summed E-state index contributed by atoms with van der Waals surface area (Å²) in [6.07, 6.45) is 0. The molecule has 2 aromatic carbocycles. The van der Waals surface area contributed by atoms with Gasteiger partial charge in [0.15, 0.2) is 5.11 Å². The molecule has 0 aliphatic carbocycles. The second-order valence-corrected chi connectivity index (χ2v) is 5.94. The molecule has 0 bridgehead atoms. The maximum atomic E-state index is 12.1. The van der Waals surface area contributed by atoms with Gasteiger partial charge >= 0.3 is 0 Å². The highest BCUT2D eigenvalue weighted by Gasteiger charge is 2.11. The number of nitro benzene ring substituents is 1. The molecule has 8 heteroatoms. The van der Waals surface area contributed by atoms with Gasteiger partial charge in [-0.3, -0.25) is 20.2 Å². The van der Waals surface area contributed by atoms with E-state index in [1.807, 2.05) is 13.0 Å². The largest absolute Gasteiger partial charge is 0.332 e. The van der Waals surface area contributed by atoms with Crippen LogP contribution < -0.4 is 10.6 Å². The zero-order chi connectivity index (χ0) is 17.0. The minimum absolute atomic E-state index is 0.0622. The lowest BCUT2D eigenvalue weighted by atomic mass is 10.1. The number of thiocarbonyl (C=S) groups is 1. The van der Waals surface area contributed by atoms with E-state index < -0.39 is 4.92 Å². The van der Waals surface area contributed by atoms with Crippen molar-refractivity contribution < 1.29 is 9.72 Å². The number of amides is 1. The highest BCUT2D eigenvalue weighted by atomic mass is 79.9. The van der Waals surface area contributed by atoms with Crippen LogP contribution in [0.1, 0.15) is 15.9 Å². The highest BCUT2D eigenvalue weighted by Crippen LogP contribution is 2.18. The zero-order valence-electron chi connectivity index (χ0n) is 12.0. The Balaban J connectivity index is 2.04. The number of nitrogens with zero attached hydrogens (tertiary/aromatic N) is 1. The molecule has 0 fully saturated rings. The molecule has 2 N–H and O–H groups in total. The molecule has 118 valence electrons. The molecular formula is C15H12BrN3O3S. The Morgan fingerprint density at radius 3 is 2.65 bits per heavy atom. The van der Waals surface area contributed by atoms with Gasteiger partial charge in [-0.1, -0.05) is 28.1 Å². The van der Waals surface area contributed by atoms with E-state index in [4.69, 9.17) is 12.2 Å². The molecule has 0 aromatic heterocycles. The Labute approximate surface area is 146 Å². The number of carbonyl (C=O) groups excluding carboxylic acids is 1. The summed E-state index contributed by atoms with van der Waals surface area (Å²) in [6, 6.07) is 11.1. The molecule has 0 aliphatic heterocycles. The first-order valence-electron chi connectivity index (χ1n) is 6.50. The highest BCUT2D eigenvalue weighted by molar-refractivity contribution is 9.10. The van der Waals surface area contributed by atoms with E-state index in [1.54, 1.807) is 18.2 Å². The Bertz CT molecular complexity index is 795. The maximum Gasteiger partial charge on any atom is 0.271 e. The SMILES string of the molecule is Cc1ccc(C(=O)NC(=S)Nc2cccc([N+](=O)[O-])c2)cc1Br. The predicted molar refractivity (Wildman–Crippen MR) is 95.7 cm³/mol. The van der Waals surface area contributed by atoms with Crippen LogP contribution in [0.3, 0.4) is 0 Å². The summed E-state index contributed by atoms with van der Waals surface area (Å²) in [5.74, 6) is -0.367. The van der Waals surface area contributed by atoms with Gasteiger partial charge in [-0.25, -0.2) is 0 Å². The van der Waals surface area contributed by atoms with Gasteiger partial charge in [0, 0.05) is 27.9 Å². The second kappa shape index (κ2) is 7.30. The van der Waals surface area contributed by atoms with Crippen molar-refractivity contribution in [3.05, 3.63) is 68.2 Å². The van der Waals surface area contributed by atoms with Gasteiger partial charge in [-0.2, -0.15) is 0 Å². The first-order chi connectivity index (χ1) is 10.9. The van der Waals surface area contributed by atoms with Crippen LogP contribution in [0, 0.1) is 17.0 Å². The number of hydrogen-bond acceptors (Lipinski definition) is 4. The molecule has 0 atom stereocenters. The molecular weight excluding hydrogens is 382 g/mol. The van der Waals surface area contributed by atoms with Crippen LogP contribution in [0.4, 0.5) is 11.4 Å². The smallest absolute Gasteiger partial charge is 0.271 e. The number of carbonyl (C=O) groups is 1. The average Bonchev–Trinajstić information content (AvgIpc) is 2.50. The minimum Gasteiger partial charge on any atom is -0.332 e. The number of hydrogen-bond donors (Lipinski definition) is 2. The third kappa shape index (κ3) is 4.57. The van der Waals surface area contributed by atoms with Crippen LogP contribution in [0.2, 0.25) is 0 Å². The average molecular weight is 394 g/mol. The quantitative estimate of drug-likeness (QED) is 0.470. The topological polar surface area (TPSA) is 84.3 Å². The molecule has 0 unspecified atom stereocenters. The number of nitro groups is 1. The van der Waals surface area contributed by atoms with Crippen LogP contribution >= 0.6 is 28.1 Å². The van der Waals surface area contributed by atoms with Crippen LogP contribution in [-0.2, 0) is 0 Å². The van der Waals surface area contributed by atoms with Crippen molar-refractivity contribution in [2.45, 2.75) is 6.92 Å². The maximum absolute atomic E-state index is 12.1. The third-order valence-electron chi connectivity index (χ3n) is 2.98. The fourth-order valence-electron chi connectivity index (χ4n) is 1.77. The van der Waals surface area contributed by atoms with Crippen molar-refractivity contribution in [1.82, 2.24) is 5.32 Å². The molecule has 0 saturated heterocycles. The van der Waals surface area contributed by atoms with Crippen molar-refractivity contribution >= 4 is 50.5 Å². The Morgan fingerprint density at radius 1 is 1.26 bits per heavy atom. The molecule has 0 heterocycles. The fraction of sp³-hybridized carbons (Fsp3) is 0.0667. The van der Waals surface area contributed by atoms with Gasteiger partial charge in [0.1, 0.15) is 0 Å². The predicted octanol–water partition coefficient (Wildman–Crippen LogP) is 3.79. The number of aryl methyl sites for hydroxylation is 1. The summed E-state index contributed by atoms with van der Waals surface area (Å²) in [5, 5.41) is 16.1. The Morgan fingerprint density at radius 2 is 2.00 bits per heavy atom. The van der Waals surface area contributed by atoms with Crippen LogP contribution in [-0.4, -0.2) is 15.9 Å². The van der Waals surface area contributed by atoms with Gasteiger partial charge in [0.05, 0.1) is 4.92 Å². The van der Waals surface area contributed by atoms with Gasteiger partial charge in [-0.05, 0) is 42.9 Å². The van der Waals surface area contributed by atoms with E-state index in [9.17, 15) is 14.9 Å². The summed E-state index contributed by atoms with van der Waals surface area (Å²) >= 11 is 8.42. The summed E-state index contributed by atoms with van der Waals surface area (Å²) < 4.78 is 0.822. The number of nitrogens with one attached hydrogen (secondary N) is 2. The molecule has 0 aliphatic rings. The standard InChI is InChI=1S/C15H12BrN3O3S/c1-9-5-6-10(7-13(9)16)14(20)18-15(23)17-11-3-2-4-12(8-11)19(21)22/h2-8H,1H3,(H2,17,18,20,23). The lowest BCUT2D eigenvalue weighted by molar-refractivity contribution is -0.384. The van der Waals surface area contributed by atoms with Crippen molar-refractivity contribution in [2.24, 2.45) is 0 Å². The molecule has 0 spiro atoms. The van der Waals surface area contributed by atoms with Crippen molar-refractivity contribution in [2.75, 3.05) is 5.32 Å². The van der Waals surface area contributed by atoms with Crippen molar-refractivity contribution in [3.8, 4) is 0 Å². The number of non-ortho nitro benzene ring substituents is 1. The third-order valence-corrected chi connectivity index (χ3v) is 4.03. The summed E-state index contributed by atoms with van der Waals surface area (Å²) in [6.45, 7) is 1.92. The summed E-state index contributed by atoms with van der Waals surface area (Å²) in [7, 11) is 0. The van der Waals surface area contributed by atoms with E-state index in [0.717, 1.165) is 10.0 Å². The van der Waals surface area contributed by atoms with E-state index in [2.05, 4.69) is 26.6 Å². The molecule has 0 saturated carbocycles. The monoisotopic (exact) mass is 393 g/mol. The van der Waals surface area contributed by atoms with Crippen molar-refractivity contribution in [1.29, 1.82) is 0 Å². The van der Waals surface area contributed by atoms with E-state index in [0.29, 0.717) is 11.3 Å². The van der Waals surface area contributed by atoms with Gasteiger partial charge in [0.2, 0.25) is 0 Å². The summed E-state index contributed by atoms with van der Waals surface area (Å²) in [5.41, 5.74) is 1.82. The lowest BCUT2D eigenvalue weighted by Crippen LogP contribution is -2.34. The molecule has 1 amide bonds. The minimum atomic E-state index is -0.503. The van der Waals surface area contributed by atoms with Gasteiger partial charge < -0.3 is 5.32 Å². The van der Waals surface area contributed by atoms with E-state index in [-0.39, 0.29) is 16.7 Å². The first kappa shape index (κ1) is 17.0. The normalized spacial score (nSPS) is 10.0. The van der Waals surface area contributed by atoms with Crippen LogP contribution in [0.25, 0.3) is 0 Å². The molecule has 23 heavy (non-hydrogen) atoms. The number of rotatable bonds is 3. The van der Waals surface area contributed by atoms with Crippen LogP contribution in [0.15, 0.2) is 46.9 Å². The molecule has 0 radical (unpaired) electrons. The van der Waals surface area contributed by atoms with Crippen molar-refractivity contribution in [3.63, 3.8) is 0 Å². The lowest BCUT2D eigenvalue weighted by Gasteiger charge is -2.10. The van der Waals surface area contributed by atoms with Gasteiger partial charge in [-0.15, -0.1) is 0 Å². The Hall–Kier alpha value is -2.32. The molecule has 6 nitrogen and oxygen atoms in total. The summed E-state index contributed by atoms with van der Waals surface area (Å²) in [4.78, 5) is 22.3. The van der Waals surface area contributed by atoms with E-state index >= 15 is 0 Å². The zero-order valence-corrected chi connectivity index (χ0v) is 14.4. The second-order valence-electron chi connectivity index (χ2n) is 4.68. The number of benzene rings is 2. The Kier molecular flexibility index (Phi) is 5.41. The number of halogens is 1. The molecule has 2 aromatic rings. The molecule has 2 rings (SSSR count). The van der Waals surface area contributed by atoms with E-state index in [1.165, 1.54) is 18.2 Å². The van der Waals surface area contributed by atoms with Crippen LogP contribution in [0.5, 0.6) is 0 Å².